The van der Waals surface area contributed by atoms with Crippen LogP contribution in [0.1, 0.15) is 59.4 Å². The van der Waals surface area contributed by atoms with E-state index in [2.05, 4.69) is 31.3 Å². The second kappa shape index (κ2) is 12.3. The highest BCUT2D eigenvalue weighted by Crippen LogP contribution is 2.42. The van der Waals surface area contributed by atoms with Gasteiger partial charge in [-0.05, 0) is 41.4 Å². The van der Waals surface area contributed by atoms with Gasteiger partial charge in [0.25, 0.3) is 0 Å². The molecular weight excluding hydrogens is 404 g/mol. The van der Waals surface area contributed by atoms with Gasteiger partial charge in [0.1, 0.15) is 6.04 Å². The molecule has 30 heavy (non-hydrogen) atoms. The van der Waals surface area contributed by atoms with Gasteiger partial charge in [0.05, 0.1) is 6.61 Å². The van der Waals surface area contributed by atoms with Crippen LogP contribution in [0.2, 0.25) is 5.02 Å². The van der Waals surface area contributed by atoms with Crippen LogP contribution < -0.4 is 5.32 Å². The number of halogens is 1. The number of nitrogens with one attached hydrogen (secondary N) is 1. The highest BCUT2D eigenvalue weighted by molar-refractivity contribution is 6.30. The van der Waals surface area contributed by atoms with E-state index in [1.54, 1.807) is 7.11 Å². The molecule has 0 unspecified atom stereocenters. The Hall–Kier alpha value is -1.63. The maximum Gasteiger partial charge on any atom is 0.245 e. The van der Waals surface area contributed by atoms with Crippen molar-refractivity contribution in [3.63, 3.8) is 0 Å². The molecule has 1 aliphatic rings. The van der Waals surface area contributed by atoms with E-state index in [4.69, 9.17) is 16.3 Å². The normalized spacial score (nSPS) is 18.8. The molecule has 6 nitrogen and oxygen atoms in total. The Kier molecular flexibility index (Phi) is 11.6. The molecule has 1 aliphatic heterocycles. The van der Waals surface area contributed by atoms with Crippen molar-refractivity contribution in [2.45, 2.75) is 59.9 Å². The smallest absolute Gasteiger partial charge is 0.245 e. The summed E-state index contributed by atoms with van der Waals surface area (Å²) in [7, 11) is 1.56. The molecule has 1 fully saturated rings. The average molecular weight is 443 g/mol. The van der Waals surface area contributed by atoms with Crippen LogP contribution in [-0.2, 0) is 14.3 Å². The summed E-state index contributed by atoms with van der Waals surface area (Å²) in [4.78, 5) is 27.2. The molecule has 1 aromatic rings. The van der Waals surface area contributed by atoms with Crippen molar-refractivity contribution < 1.29 is 19.8 Å². The topological polar surface area (TPSA) is 90.1 Å². The van der Waals surface area contributed by atoms with Crippen LogP contribution in [0.3, 0.4) is 0 Å². The highest BCUT2D eigenvalue weighted by Gasteiger charge is 2.40. The quantitative estimate of drug-likeness (QED) is 0.698. The van der Waals surface area contributed by atoms with Gasteiger partial charge in [-0.25, -0.2) is 0 Å². The van der Waals surface area contributed by atoms with Gasteiger partial charge in [-0.3, -0.25) is 9.59 Å². The molecule has 0 spiro atoms. The number of carbonyl (C=O) groups is 2. The van der Waals surface area contributed by atoms with E-state index in [1.807, 2.05) is 30.9 Å². The fraction of sp³-hybridized carbons (Fsp3) is 0.652. The molecule has 1 saturated heterocycles. The first-order valence-electron chi connectivity index (χ1n) is 9.98. The standard InChI is InChI=1S/C22H33ClN2O3.CH4.H2O/c1-15(2)20(24-19(26)11-13-28-5)21(27)25-12-10-18(22(3,4)14-25)16-6-8-17(23)9-7-16;;/h6-9,15,18,20H,10-14H2,1-5H3,(H,24,26);1H4;1H2/t18-,20-;;/m1../s1. The summed E-state index contributed by atoms with van der Waals surface area (Å²) in [6.07, 6.45) is 1.15. The van der Waals surface area contributed by atoms with E-state index in [0.717, 1.165) is 11.4 Å². The molecule has 3 N–H and O–H groups in total. The average Bonchev–Trinajstić information content (AvgIpc) is 2.63. The third kappa shape index (κ3) is 7.25. The zero-order valence-electron chi connectivity index (χ0n) is 18.1. The maximum absolute atomic E-state index is 13.2. The van der Waals surface area contributed by atoms with Crippen molar-refractivity contribution in [1.29, 1.82) is 0 Å². The number of nitrogens with zero attached hydrogens (tertiary/aromatic N) is 1. The van der Waals surface area contributed by atoms with Gasteiger partial charge in [0, 0.05) is 31.6 Å². The monoisotopic (exact) mass is 442 g/mol. The molecule has 2 atom stereocenters. The largest absolute Gasteiger partial charge is 0.412 e. The van der Waals surface area contributed by atoms with E-state index in [0.29, 0.717) is 25.6 Å². The molecule has 1 heterocycles. The molecule has 0 bridgehead atoms. The SMILES string of the molecule is C.COCCC(=O)N[C@@H](C(=O)N1CC[C@H](c2ccc(Cl)cc2)C(C)(C)C1)C(C)C.O. The number of ether oxygens (including phenoxy) is 1. The lowest BCUT2D eigenvalue weighted by Gasteiger charge is -2.45. The van der Waals surface area contributed by atoms with Crippen LogP contribution in [-0.4, -0.2) is 55.0 Å². The predicted octanol–water partition coefficient (Wildman–Crippen LogP) is 3.67. The fourth-order valence-electron chi connectivity index (χ4n) is 4.01. The number of rotatable bonds is 7. The lowest BCUT2D eigenvalue weighted by atomic mass is 9.70. The Morgan fingerprint density at radius 1 is 1.27 bits per heavy atom. The number of hydrogen-bond donors (Lipinski definition) is 1. The summed E-state index contributed by atoms with van der Waals surface area (Å²) >= 11 is 6.03. The maximum atomic E-state index is 13.2. The second-order valence-corrected chi connectivity index (χ2v) is 9.11. The van der Waals surface area contributed by atoms with Crippen LogP contribution in [0, 0.1) is 11.3 Å². The Morgan fingerprint density at radius 3 is 2.37 bits per heavy atom. The van der Waals surface area contributed by atoms with Gasteiger partial charge in [-0.15, -0.1) is 0 Å². The Labute approximate surface area is 186 Å². The molecule has 7 heteroatoms. The van der Waals surface area contributed by atoms with Gasteiger partial charge in [0.2, 0.25) is 11.8 Å². The summed E-state index contributed by atoms with van der Waals surface area (Å²) in [6.45, 7) is 10.0. The van der Waals surface area contributed by atoms with Crippen molar-refractivity contribution in [2.24, 2.45) is 11.3 Å². The number of carbonyl (C=O) groups excluding carboxylic acids is 2. The molecule has 172 valence electrons. The number of methoxy groups -OCH3 is 1. The van der Waals surface area contributed by atoms with E-state index in [-0.39, 0.29) is 42.5 Å². The molecule has 2 amide bonds. The Balaban J connectivity index is 0.00000420. The third-order valence-corrected chi connectivity index (χ3v) is 5.85. The highest BCUT2D eigenvalue weighted by atomic mass is 35.5. The van der Waals surface area contributed by atoms with Crippen molar-refractivity contribution >= 4 is 23.4 Å². The van der Waals surface area contributed by atoms with Crippen LogP contribution in [0.15, 0.2) is 24.3 Å². The minimum absolute atomic E-state index is 0. The van der Waals surface area contributed by atoms with E-state index < -0.39 is 6.04 Å². The zero-order chi connectivity index (χ0) is 20.9. The van der Waals surface area contributed by atoms with E-state index >= 15 is 0 Å². The summed E-state index contributed by atoms with van der Waals surface area (Å²) in [5, 5.41) is 3.63. The van der Waals surface area contributed by atoms with Crippen LogP contribution in [0.5, 0.6) is 0 Å². The van der Waals surface area contributed by atoms with Gasteiger partial charge in [-0.1, -0.05) is 58.9 Å². The summed E-state index contributed by atoms with van der Waals surface area (Å²) in [6, 6.07) is 7.51. The zero-order valence-corrected chi connectivity index (χ0v) is 18.9. The van der Waals surface area contributed by atoms with Crippen LogP contribution in [0.25, 0.3) is 0 Å². The number of piperidine rings is 1. The Morgan fingerprint density at radius 2 is 1.87 bits per heavy atom. The van der Waals surface area contributed by atoms with Crippen molar-refractivity contribution in [3.8, 4) is 0 Å². The predicted molar refractivity (Wildman–Crippen MR) is 123 cm³/mol. The lowest BCUT2D eigenvalue weighted by molar-refractivity contribution is -0.140. The van der Waals surface area contributed by atoms with Gasteiger partial charge >= 0.3 is 0 Å². The molecule has 0 saturated carbocycles. The first kappa shape index (κ1) is 28.4. The van der Waals surface area contributed by atoms with Gasteiger partial charge in [-0.2, -0.15) is 0 Å². The van der Waals surface area contributed by atoms with E-state index in [1.165, 1.54) is 5.56 Å². The molecule has 0 radical (unpaired) electrons. The number of amides is 2. The van der Waals surface area contributed by atoms with Crippen molar-refractivity contribution in [2.75, 3.05) is 26.8 Å². The van der Waals surface area contributed by atoms with E-state index in [9.17, 15) is 9.59 Å². The fourth-order valence-corrected chi connectivity index (χ4v) is 4.13. The second-order valence-electron chi connectivity index (χ2n) is 8.67. The van der Waals surface area contributed by atoms with Gasteiger partial charge < -0.3 is 20.4 Å². The minimum Gasteiger partial charge on any atom is -0.412 e. The minimum atomic E-state index is -0.507. The first-order valence-corrected chi connectivity index (χ1v) is 10.4. The van der Waals surface area contributed by atoms with Crippen LogP contribution >= 0.6 is 11.6 Å². The summed E-state index contributed by atoms with van der Waals surface area (Å²) < 4.78 is 4.96. The molecule has 2 rings (SSSR count). The molecule has 0 aromatic heterocycles. The number of benzene rings is 1. The third-order valence-electron chi connectivity index (χ3n) is 5.60. The molecule has 1 aromatic carbocycles. The van der Waals surface area contributed by atoms with Gasteiger partial charge in [0.15, 0.2) is 0 Å². The lowest BCUT2D eigenvalue weighted by Crippen LogP contribution is -2.56. The number of likely N-dealkylation sites (tertiary alicyclic amines) is 1. The first-order chi connectivity index (χ1) is 13.2. The summed E-state index contributed by atoms with van der Waals surface area (Å²) in [5.41, 5.74) is 1.19. The van der Waals surface area contributed by atoms with Crippen LogP contribution in [0.4, 0.5) is 0 Å². The molecular formula is C23H39ClN2O4. The van der Waals surface area contributed by atoms with Crippen molar-refractivity contribution in [1.82, 2.24) is 10.2 Å². The summed E-state index contributed by atoms with van der Waals surface area (Å²) in [5.74, 6) is 0.242. The molecule has 0 aliphatic carbocycles. The van der Waals surface area contributed by atoms with Crippen molar-refractivity contribution in [3.05, 3.63) is 34.9 Å². The number of hydrogen-bond acceptors (Lipinski definition) is 3. The Bertz CT molecular complexity index is 676.